The molecule has 0 aliphatic heterocycles. The van der Waals surface area contributed by atoms with Gasteiger partial charge >= 0.3 is 5.97 Å². The molecule has 0 atom stereocenters. The van der Waals surface area contributed by atoms with Crippen molar-refractivity contribution in [3.05, 3.63) is 82.4 Å². The Morgan fingerprint density at radius 2 is 1.63 bits per heavy atom. The van der Waals surface area contributed by atoms with Crippen molar-refractivity contribution in [3.63, 3.8) is 0 Å². The van der Waals surface area contributed by atoms with E-state index < -0.39 is 25.0 Å². The van der Waals surface area contributed by atoms with Crippen molar-refractivity contribution < 1.29 is 33.0 Å². The van der Waals surface area contributed by atoms with Crippen LogP contribution in [0.2, 0.25) is 0 Å². The molecule has 9 heteroatoms. The first-order valence-electron chi connectivity index (χ1n) is 10.8. The number of carbonyl (C=O) groups is 3. The molecule has 0 aliphatic rings. The number of esters is 1. The fourth-order valence-corrected chi connectivity index (χ4v) is 3.61. The summed E-state index contributed by atoms with van der Waals surface area (Å²) in [4.78, 5) is 37.1. The van der Waals surface area contributed by atoms with E-state index in [0.29, 0.717) is 23.6 Å². The smallest absolute Gasteiger partial charge is 0.325 e. The van der Waals surface area contributed by atoms with Gasteiger partial charge in [0.2, 0.25) is 5.78 Å². The van der Waals surface area contributed by atoms with Crippen LogP contribution in [0, 0.1) is 19.7 Å². The molecule has 0 saturated carbocycles. The van der Waals surface area contributed by atoms with Gasteiger partial charge in [-0.15, -0.1) is 0 Å². The zero-order valence-electron chi connectivity index (χ0n) is 20.0. The number of aromatic nitrogens is 1. The van der Waals surface area contributed by atoms with E-state index in [0.717, 1.165) is 17.0 Å². The van der Waals surface area contributed by atoms with E-state index >= 15 is 0 Å². The molecule has 0 radical (unpaired) electrons. The molecule has 0 saturated heterocycles. The van der Waals surface area contributed by atoms with Crippen LogP contribution in [0.4, 0.5) is 4.39 Å². The Hall–Kier alpha value is -4.14. The molecule has 0 aliphatic carbocycles. The lowest BCUT2D eigenvalue weighted by Gasteiger charge is -2.11. The Morgan fingerprint density at radius 3 is 2.29 bits per heavy atom. The summed E-state index contributed by atoms with van der Waals surface area (Å²) in [5, 5.41) is 2.45. The minimum atomic E-state index is -0.743. The molecule has 35 heavy (non-hydrogen) atoms. The monoisotopic (exact) mass is 482 g/mol. The van der Waals surface area contributed by atoms with Crippen LogP contribution in [0.15, 0.2) is 48.5 Å². The van der Waals surface area contributed by atoms with Gasteiger partial charge in [-0.2, -0.15) is 0 Å². The van der Waals surface area contributed by atoms with Crippen LogP contribution in [-0.4, -0.2) is 49.6 Å². The molecule has 0 spiro atoms. The summed E-state index contributed by atoms with van der Waals surface area (Å²) in [6.07, 6.45) is 0. The molecule has 2 aromatic carbocycles. The highest BCUT2D eigenvalue weighted by atomic mass is 19.1. The molecule has 0 unspecified atom stereocenters. The van der Waals surface area contributed by atoms with Gasteiger partial charge in [0.15, 0.2) is 18.1 Å². The van der Waals surface area contributed by atoms with Gasteiger partial charge in [-0.05, 0) is 55.8 Å². The number of ether oxygens (including phenoxy) is 3. The Balaban J connectivity index is 1.54. The molecule has 1 N–H and O–H groups in total. The van der Waals surface area contributed by atoms with Gasteiger partial charge in [-0.1, -0.05) is 12.1 Å². The molecule has 0 fully saturated rings. The first-order valence-corrected chi connectivity index (χ1v) is 10.8. The van der Waals surface area contributed by atoms with Gasteiger partial charge in [-0.25, -0.2) is 4.39 Å². The Kier molecular flexibility index (Phi) is 8.25. The lowest BCUT2D eigenvalue weighted by molar-refractivity contribution is -0.141. The molecular weight excluding hydrogens is 455 g/mol. The maximum absolute atomic E-state index is 13.2. The molecule has 0 bridgehead atoms. The quantitative estimate of drug-likeness (QED) is 0.351. The zero-order chi connectivity index (χ0) is 25.5. The fraction of sp³-hybridized carbons (Fsp3) is 0.269. The summed E-state index contributed by atoms with van der Waals surface area (Å²) in [6.45, 7) is 3.29. The van der Waals surface area contributed by atoms with Gasteiger partial charge in [0, 0.05) is 29.1 Å². The van der Waals surface area contributed by atoms with Crippen molar-refractivity contribution in [2.45, 2.75) is 20.4 Å². The van der Waals surface area contributed by atoms with Crippen molar-refractivity contribution in [3.8, 4) is 11.5 Å². The van der Waals surface area contributed by atoms with Crippen LogP contribution >= 0.6 is 0 Å². The maximum Gasteiger partial charge on any atom is 0.325 e. The number of benzene rings is 2. The summed E-state index contributed by atoms with van der Waals surface area (Å²) in [6, 6.07) is 12.5. The molecule has 1 aromatic heterocycles. The lowest BCUT2D eigenvalue weighted by atomic mass is 10.1. The lowest BCUT2D eigenvalue weighted by Crippen LogP contribution is -2.31. The number of Topliss-reactive ketones (excluding diaryl/α,β-unsaturated/α-hetero) is 1. The summed E-state index contributed by atoms with van der Waals surface area (Å²) in [5.74, 6) is -1.06. The molecule has 3 rings (SSSR count). The van der Waals surface area contributed by atoms with Crippen LogP contribution in [0.25, 0.3) is 0 Å². The van der Waals surface area contributed by atoms with E-state index in [1.54, 1.807) is 31.2 Å². The predicted octanol–water partition coefficient (Wildman–Crippen LogP) is 3.47. The number of carbonyl (C=O) groups excluding carboxylic acids is 3. The highest BCUT2D eigenvalue weighted by Gasteiger charge is 2.18. The third kappa shape index (κ3) is 6.26. The second-order valence-electron chi connectivity index (χ2n) is 7.83. The van der Waals surface area contributed by atoms with Crippen molar-refractivity contribution in [1.29, 1.82) is 0 Å². The van der Waals surface area contributed by atoms with Crippen LogP contribution in [-0.2, 0) is 16.1 Å². The van der Waals surface area contributed by atoms with Crippen LogP contribution in [0.3, 0.4) is 0 Å². The standard InChI is InChI=1S/C26H27FN2O6/c1-16-11-21(17(2)29(16)14-18-5-8-20(27)9-6-18)22(30)15-35-25(31)13-28-26(32)19-7-10-23(33-3)24(12-19)34-4/h5-12H,13-15H2,1-4H3,(H,28,32). The summed E-state index contributed by atoms with van der Waals surface area (Å²) in [7, 11) is 2.94. The highest BCUT2D eigenvalue weighted by Crippen LogP contribution is 2.27. The average Bonchev–Trinajstić information content (AvgIpc) is 3.14. The number of hydrogen-bond acceptors (Lipinski definition) is 6. The third-order valence-electron chi connectivity index (χ3n) is 5.53. The zero-order valence-corrected chi connectivity index (χ0v) is 20.0. The first kappa shape index (κ1) is 25.5. The Bertz CT molecular complexity index is 1230. The summed E-state index contributed by atoms with van der Waals surface area (Å²) in [5.41, 5.74) is 3.18. The number of halogens is 1. The fourth-order valence-electron chi connectivity index (χ4n) is 3.61. The van der Waals surface area contributed by atoms with Crippen LogP contribution in [0.5, 0.6) is 11.5 Å². The first-order chi connectivity index (χ1) is 16.7. The number of aryl methyl sites for hydroxylation is 1. The molecule has 1 amide bonds. The van der Waals surface area contributed by atoms with Gasteiger partial charge < -0.3 is 24.1 Å². The minimum Gasteiger partial charge on any atom is -0.493 e. The largest absolute Gasteiger partial charge is 0.493 e. The van der Waals surface area contributed by atoms with Gasteiger partial charge in [-0.3, -0.25) is 14.4 Å². The van der Waals surface area contributed by atoms with Crippen LogP contribution in [0.1, 0.15) is 37.7 Å². The van der Waals surface area contributed by atoms with E-state index in [1.165, 1.54) is 38.5 Å². The normalized spacial score (nSPS) is 10.5. The average molecular weight is 483 g/mol. The molecular formula is C26H27FN2O6. The van der Waals surface area contributed by atoms with Crippen molar-refractivity contribution >= 4 is 17.7 Å². The third-order valence-corrected chi connectivity index (χ3v) is 5.53. The van der Waals surface area contributed by atoms with Crippen molar-refractivity contribution in [2.75, 3.05) is 27.4 Å². The predicted molar refractivity (Wildman–Crippen MR) is 127 cm³/mol. The van der Waals surface area contributed by atoms with E-state index in [1.807, 2.05) is 11.5 Å². The number of rotatable bonds is 10. The number of methoxy groups -OCH3 is 2. The molecule has 184 valence electrons. The Morgan fingerprint density at radius 1 is 0.943 bits per heavy atom. The topological polar surface area (TPSA) is 95.9 Å². The number of amides is 1. The second-order valence-corrected chi connectivity index (χ2v) is 7.83. The maximum atomic E-state index is 13.2. The van der Waals surface area contributed by atoms with Gasteiger partial charge in [0.25, 0.3) is 5.91 Å². The van der Waals surface area contributed by atoms with Crippen molar-refractivity contribution in [1.82, 2.24) is 9.88 Å². The number of nitrogens with one attached hydrogen (secondary N) is 1. The van der Waals surface area contributed by atoms with Gasteiger partial charge in [0.05, 0.1) is 14.2 Å². The van der Waals surface area contributed by atoms with E-state index in [2.05, 4.69) is 5.32 Å². The SMILES string of the molecule is COc1ccc(C(=O)NCC(=O)OCC(=O)c2cc(C)n(Cc3ccc(F)cc3)c2C)cc1OC. The van der Waals surface area contributed by atoms with E-state index in [4.69, 9.17) is 14.2 Å². The summed E-state index contributed by atoms with van der Waals surface area (Å²) >= 11 is 0. The van der Waals surface area contributed by atoms with E-state index in [-0.39, 0.29) is 17.2 Å². The number of ketones is 1. The Labute approximate surface area is 202 Å². The molecule has 8 nitrogen and oxygen atoms in total. The number of hydrogen-bond donors (Lipinski definition) is 1. The number of nitrogens with zero attached hydrogens (tertiary/aromatic N) is 1. The summed E-state index contributed by atoms with van der Waals surface area (Å²) < 4.78 is 30.5. The second kappa shape index (κ2) is 11.3. The van der Waals surface area contributed by atoms with Crippen molar-refractivity contribution in [2.24, 2.45) is 0 Å². The minimum absolute atomic E-state index is 0.278. The highest BCUT2D eigenvalue weighted by molar-refractivity contribution is 6.00. The van der Waals surface area contributed by atoms with Gasteiger partial charge in [0.1, 0.15) is 12.4 Å². The van der Waals surface area contributed by atoms with E-state index in [9.17, 15) is 18.8 Å². The molecule has 1 heterocycles. The molecule has 3 aromatic rings. The van der Waals surface area contributed by atoms with Crippen LogP contribution < -0.4 is 14.8 Å².